The molecule has 10 heteroatoms. The Kier molecular flexibility index (Phi) is 10.9. The molecule has 2 N–H and O–H groups in total. The van der Waals surface area contributed by atoms with Crippen LogP contribution in [0.5, 0.6) is 11.5 Å². The van der Waals surface area contributed by atoms with Gasteiger partial charge in [-0.3, -0.25) is 9.59 Å². The van der Waals surface area contributed by atoms with Gasteiger partial charge in [0.05, 0.1) is 12.6 Å². The van der Waals surface area contributed by atoms with Gasteiger partial charge in [-0.05, 0) is 73.1 Å². The van der Waals surface area contributed by atoms with Crippen LogP contribution in [-0.2, 0) is 29.0 Å². The van der Waals surface area contributed by atoms with E-state index in [1.54, 1.807) is 0 Å². The van der Waals surface area contributed by atoms with Crippen molar-refractivity contribution in [1.82, 2.24) is 30.8 Å². The van der Waals surface area contributed by atoms with Gasteiger partial charge >= 0.3 is 0 Å². The topological polar surface area (TPSA) is 122 Å². The van der Waals surface area contributed by atoms with Crippen molar-refractivity contribution in [2.45, 2.75) is 58.1 Å². The maximum absolute atomic E-state index is 13.1. The van der Waals surface area contributed by atoms with Gasteiger partial charge in [-0.1, -0.05) is 59.8 Å². The van der Waals surface area contributed by atoms with Crippen LogP contribution in [0.2, 0.25) is 0 Å². The number of rotatable bonds is 14. The fraction of sp³-hybridized carbons (Fsp3) is 0.382. The first kappa shape index (κ1) is 30.7. The molecule has 0 unspecified atom stereocenters. The third kappa shape index (κ3) is 9.13. The van der Waals surface area contributed by atoms with Crippen LogP contribution < -0.4 is 14.8 Å². The third-order valence-corrected chi connectivity index (χ3v) is 7.92. The molecule has 1 fully saturated rings. The SMILES string of the molecule is CCOc1ccc(CCC(=O)N2CCC(CC(=O)N[C@@H](Cc3ccc(OCc4ccccc4)cc3)c3nn[nH]n3)CC2)cc1. The summed E-state index contributed by atoms with van der Waals surface area (Å²) in [6, 6.07) is 25.4. The van der Waals surface area contributed by atoms with E-state index in [-0.39, 0.29) is 17.7 Å². The van der Waals surface area contributed by atoms with Gasteiger partial charge < -0.3 is 19.7 Å². The molecule has 1 saturated heterocycles. The average molecular weight is 597 g/mol. The predicted molar refractivity (Wildman–Crippen MR) is 166 cm³/mol. The summed E-state index contributed by atoms with van der Waals surface area (Å²) in [5.74, 6) is 2.39. The summed E-state index contributed by atoms with van der Waals surface area (Å²) in [5.41, 5.74) is 3.25. The lowest BCUT2D eigenvalue weighted by molar-refractivity contribution is -0.132. The smallest absolute Gasteiger partial charge is 0.222 e. The Labute approximate surface area is 258 Å². The van der Waals surface area contributed by atoms with Crippen molar-refractivity contribution in [3.63, 3.8) is 0 Å². The summed E-state index contributed by atoms with van der Waals surface area (Å²) in [5, 5.41) is 17.6. The summed E-state index contributed by atoms with van der Waals surface area (Å²) in [6.07, 6.45) is 3.71. The maximum Gasteiger partial charge on any atom is 0.222 e. The van der Waals surface area contributed by atoms with Gasteiger partial charge in [-0.15, -0.1) is 10.2 Å². The highest BCUT2D eigenvalue weighted by Gasteiger charge is 2.26. The van der Waals surface area contributed by atoms with Crippen LogP contribution in [0.1, 0.15) is 61.2 Å². The molecule has 2 heterocycles. The molecule has 3 aromatic carbocycles. The minimum atomic E-state index is -0.415. The number of carbonyl (C=O) groups is 2. The average Bonchev–Trinajstić information content (AvgIpc) is 3.60. The minimum absolute atomic E-state index is 0.0529. The number of H-pyrrole nitrogens is 1. The van der Waals surface area contributed by atoms with Gasteiger partial charge in [0.1, 0.15) is 18.1 Å². The molecule has 2 amide bonds. The second-order valence-electron chi connectivity index (χ2n) is 11.1. The molecule has 0 radical (unpaired) electrons. The largest absolute Gasteiger partial charge is 0.494 e. The van der Waals surface area contributed by atoms with Crippen LogP contribution in [0.25, 0.3) is 0 Å². The first-order valence-electron chi connectivity index (χ1n) is 15.3. The minimum Gasteiger partial charge on any atom is -0.494 e. The van der Waals surface area contributed by atoms with E-state index in [9.17, 15) is 9.59 Å². The molecule has 5 rings (SSSR count). The molecule has 1 aliphatic heterocycles. The molecule has 0 bridgehead atoms. The van der Waals surface area contributed by atoms with Gasteiger partial charge in [0, 0.05) is 32.4 Å². The number of aryl methyl sites for hydroxylation is 1. The summed E-state index contributed by atoms with van der Waals surface area (Å²) in [4.78, 5) is 27.9. The zero-order valence-corrected chi connectivity index (χ0v) is 25.2. The Balaban J connectivity index is 1.06. The number of piperidine rings is 1. The summed E-state index contributed by atoms with van der Waals surface area (Å²) < 4.78 is 11.4. The zero-order valence-electron chi connectivity index (χ0n) is 25.2. The maximum atomic E-state index is 13.1. The number of nitrogens with one attached hydrogen (secondary N) is 2. The second-order valence-corrected chi connectivity index (χ2v) is 11.1. The highest BCUT2D eigenvalue weighted by Crippen LogP contribution is 2.24. The summed E-state index contributed by atoms with van der Waals surface area (Å²) >= 11 is 0. The van der Waals surface area contributed by atoms with Crippen molar-refractivity contribution in [2.75, 3.05) is 19.7 Å². The molecule has 230 valence electrons. The van der Waals surface area contributed by atoms with Gasteiger partial charge in [-0.25, -0.2) is 0 Å². The molecule has 0 spiro atoms. The van der Waals surface area contributed by atoms with Crippen LogP contribution in [0.4, 0.5) is 0 Å². The Morgan fingerprint density at radius 2 is 1.59 bits per heavy atom. The molecular formula is C34H40N6O4. The third-order valence-electron chi connectivity index (χ3n) is 7.92. The fourth-order valence-corrected chi connectivity index (χ4v) is 5.45. The van der Waals surface area contributed by atoms with E-state index in [0.29, 0.717) is 57.8 Å². The van der Waals surface area contributed by atoms with Crippen LogP contribution in [-0.4, -0.2) is 57.0 Å². The Hall–Kier alpha value is -4.73. The number of ether oxygens (including phenoxy) is 2. The zero-order chi connectivity index (χ0) is 30.6. The van der Waals surface area contributed by atoms with E-state index in [0.717, 1.165) is 41.0 Å². The van der Waals surface area contributed by atoms with E-state index < -0.39 is 6.04 Å². The van der Waals surface area contributed by atoms with Gasteiger partial charge in [0.15, 0.2) is 5.82 Å². The number of amides is 2. The lowest BCUT2D eigenvalue weighted by atomic mass is 9.92. The molecule has 4 aromatic rings. The number of tetrazole rings is 1. The predicted octanol–water partition coefficient (Wildman–Crippen LogP) is 4.84. The lowest BCUT2D eigenvalue weighted by Crippen LogP contribution is -2.40. The van der Waals surface area contributed by atoms with E-state index >= 15 is 0 Å². The molecule has 44 heavy (non-hydrogen) atoms. The van der Waals surface area contributed by atoms with Crippen molar-refractivity contribution in [2.24, 2.45) is 5.92 Å². The number of aromatic nitrogens is 4. The van der Waals surface area contributed by atoms with Crippen LogP contribution in [0.15, 0.2) is 78.9 Å². The van der Waals surface area contributed by atoms with Crippen LogP contribution >= 0.6 is 0 Å². The molecule has 1 aromatic heterocycles. The van der Waals surface area contributed by atoms with E-state index in [1.807, 2.05) is 90.7 Å². The van der Waals surface area contributed by atoms with Gasteiger partial charge in [-0.2, -0.15) is 5.21 Å². The van der Waals surface area contributed by atoms with E-state index in [1.165, 1.54) is 0 Å². The number of carbonyl (C=O) groups excluding carboxylic acids is 2. The van der Waals surface area contributed by atoms with E-state index in [4.69, 9.17) is 9.47 Å². The molecule has 0 aliphatic carbocycles. The van der Waals surface area contributed by atoms with Gasteiger partial charge in [0.25, 0.3) is 0 Å². The normalized spacial score (nSPS) is 14.2. The van der Waals surface area contributed by atoms with Crippen molar-refractivity contribution in [3.05, 3.63) is 101 Å². The molecule has 1 aliphatic rings. The Bertz CT molecular complexity index is 1440. The Morgan fingerprint density at radius 3 is 2.25 bits per heavy atom. The summed E-state index contributed by atoms with van der Waals surface area (Å²) in [7, 11) is 0. The van der Waals surface area contributed by atoms with Crippen LogP contribution in [0.3, 0.4) is 0 Å². The number of likely N-dealkylation sites (tertiary alicyclic amines) is 1. The molecular weight excluding hydrogens is 556 g/mol. The first-order valence-corrected chi connectivity index (χ1v) is 15.3. The lowest BCUT2D eigenvalue weighted by Gasteiger charge is -2.32. The number of aromatic amines is 1. The first-order chi connectivity index (χ1) is 21.6. The number of hydrogen-bond acceptors (Lipinski definition) is 7. The number of hydrogen-bond donors (Lipinski definition) is 2. The van der Waals surface area contributed by atoms with Crippen LogP contribution in [0, 0.1) is 5.92 Å². The summed E-state index contributed by atoms with van der Waals surface area (Å²) in [6.45, 7) is 4.44. The van der Waals surface area contributed by atoms with Crippen molar-refractivity contribution < 1.29 is 19.1 Å². The quantitative estimate of drug-likeness (QED) is 0.214. The number of benzene rings is 3. The molecule has 0 saturated carbocycles. The number of nitrogens with zero attached hydrogens (tertiary/aromatic N) is 4. The fourth-order valence-electron chi connectivity index (χ4n) is 5.45. The van der Waals surface area contributed by atoms with Crippen molar-refractivity contribution in [1.29, 1.82) is 0 Å². The molecule has 1 atom stereocenters. The second kappa shape index (κ2) is 15.7. The van der Waals surface area contributed by atoms with Crippen molar-refractivity contribution in [3.8, 4) is 11.5 Å². The van der Waals surface area contributed by atoms with E-state index in [2.05, 4.69) is 25.9 Å². The highest BCUT2D eigenvalue weighted by atomic mass is 16.5. The Morgan fingerprint density at radius 1 is 0.909 bits per heavy atom. The standard InChI is InChI=1S/C34H40N6O4/c1-2-43-29-13-8-25(9-14-29)12-17-33(42)40-20-18-27(19-21-40)23-32(41)35-31(34-36-38-39-37-34)22-26-10-15-30(16-11-26)44-24-28-6-4-3-5-7-28/h3-11,13-16,27,31H,2,12,17-24H2,1H3,(H,35,41)(H,36,37,38,39)/t31-/m0/s1. The van der Waals surface area contributed by atoms with Crippen molar-refractivity contribution >= 4 is 11.8 Å². The molecule has 10 nitrogen and oxygen atoms in total. The monoisotopic (exact) mass is 596 g/mol. The van der Waals surface area contributed by atoms with Gasteiger partial charge in [0.2, 0.25) is 11.8 Å². The highest BCUT2D eigenvalue weighted by molar-refractivity contribution is 5.77.